The number of aryl methyl sites for hydroxylation is 1. The maximum Gasteiger partial charge on any atom is 0.348 e. The number of carbonyl (C=O) groups excluding carboxylic acids is 3. The fourth-order valence-electron chi connectivity index (χ4n) is 7.25. The van der Waals surface area contributed by atoms with Gasteiger partial charge in [0.05, 0.1) is 11.7 Å². The van der Waals surface area contributed by atoms with Crippen LogP contribution < -0.4 is 15.0 Å². The van der Waals surface area contributed by atoms with Gasteiger partial charge in [-0.15, -0.1) is 0 Å². The lowest BCUT2D eigenvalue weighted by Crippen LogP contribution is -2.59. The Kier molecular flexibility index (Phi) is 9.21. The van der Waals surface area contributed by atoms with E-state index >= 15 is 4.79 Å². The van der Waals surface area contributed by atoms with E-state index in [1.54, 1.807) is 43.3 Å². The molecule has 1 saturated heterocycles. The molecule has 8 nitrogen and oxygen atoms in total. The van der Waals surface area contributed by atoms with E-state index in [0.717, 1.165) is 4.90 Å². The number of nitrogens with zero attached hydrogens (tertiary/aromatic N) is 1. The van der Waals surface area contributed by atoms with E-state index < -0.39 is 52.5 Å². The quantitative estimate of drug-likeness (QED) is 0.245. The summed E-state index contributed by atoms with van der Waals surface area (Å²) in [5.41, 5.74) is -1.40. The van der Waals surface area contributed by atoms with Crippen LogP contribution in [0, 0.1) is 12.7 Å². The third-order valence-corrected chi connectivity index (χ3v) is 9.59. The molecule has 11 heteroatoms. The van der Waals surface area contributed by atoms with Gasteiger partial charge >= 0.3 is 5.97 Å². The Morgan fingerprint density at radius 1 is 1.02 bits per heavy atom. The van der Waals surface area contributed by atoms with E-state index in [2.05, 4.69) is 5.32 Å². The van der Waals surface area contributed by atoms with Crippen molar-refractivity contribution in [1.82, 2.24) is 5.32 Å². The van der Waals surface area contributed by atoms with Crippen molar-refractivity contribution in [2.45, 2.75) is 82.8 Å². The number of hydrogen-bond acceptors (Lipinski definition) is 5. The van der Waals surface area contributed by atoms with Gasteiger partial charge in [-0.3, -0.25) is 14.4 Å². The van der Waals surface area contributed by atoms with Crippen molar-refractivity contribution in [2.75, 3.05) is 4.90 Å². The molecular weight excluding hydrogens is 634 g/mol. The molecule has 2 heterocycles. The number of carbonyl (C=O) groups is 4. The monoisotopic (exact) mass is 668 g/mol. The molecule has 242 valence electrons. The zero-order valence-electron chi connectivity index (χ0n) is 26.0. The van der Waals surface area contributed by atoms with E-state index in [0.29, 0.717) is 35.1 Å². The highest BCUT2D eigenvalue weighted by Crippen LogP contribution is 2.61. The number of ether oxygens (including phenoxy) is 1. The van der Waals surface area contributed by atoms with Crippen LogP contribution in [0.5, 0.6) is 5.75 Å². The van der Waals surface area contributed by atoms with Gasteiger partial charge in [0, 0.05) is 34.9 Å². The second-order valence-electron chi connectivity index (χ2n) is 12.0. The standard InChI is InChI=1S/C35H35Cl2FN2O6/c1-5-13-34(14-6-2,33(44)45)46-29-12-9-21(36)15-25(29)27-18-30(42)39-31(24-17-23(38)10-7-19(24)3)35(27)26-11-8-22(37)16-28(26)40(20(4)41)32(35)43/h7-12,15-17,27,31H,5-6,13-14,18H2,1-4H3,(H,39,42)(H,44,45)/t27-,31+,35-/m0/s1. The number of aliphatic carboxylic acids is 1. The number of imide groups is 1. The number of rotatable bonds is 9. The van der Waals surface area contributed by atoms with E-state index in [-0.39, 0.29) is 40.7 Å². The minimum atomic E-state index is -1.72. The second kappa shape index (κ2) is 12.7. The molecule has 3 aromatic rings. The van der Waals surface area contributed by atoms with Crippen LogP contribution in [-0.2, 0) is 24.6 Å². The number of carboxylic acids is 1. The molecule has 1 spiro atoms. The molecule has 0 aliphatic carbocycles. The topological polar surface area (TPSA) is 113 Å². The number of fused-ring (bicyclic) bond motifs is 2. The first-order valence-electron chi connectivity index (χ1n) is 15.2. The van der Waals surface area contributed by atoms with Gasteiger partial charge in [0.1, 0.15) is 17.0 Å². The second-order valence-corrected chi connectivity index (χ2v) is 12.9. The lowest BCUT2D eigenvalue weighted by molar-refractivity contribution is -0.157. The van der Waals surface area contributed by atoms with Crippen LogP contribution in [0.1, 0.15) is 87.1 Å². The van der Waals surface area contributed by atoms with Crippen molar-refractivity contribution in [3.05, 3.63) is 92.7 Å². The highest BCUT2D eigenvalue weighted by Gasteiger charge is 2.65. The molecule has 46 heavy (non-hydrogen) atoms. The van der Waals surface area contributed by atoms with Crippen molar-refractivity contribution in [3.8, 4) is 5.75 Å². The highest BCUT2D eigenvalue weighted by atomic mass is 35.5. The Labute approximate surface area is 276 Å². The summed E-state index contributed by atoms with van der Waals surface area (Å²) >= 11 is 13.0. The average Bonchev–Trinajstić information content (AvgIpc) is 3.24. The summed E-state index contributed by atoms with van der Waals surface area (Å²) in [6.45, 7) is 6.72. The van der Waals surface area contributed by atoms with Gasteiger partial charge in [-0.25, -0.2) is 14.1 Å². The molecule has 2 N–H and O–H groups in total. The van der Waals surface area contributed by atoms with Crippen LogP contribution in [0.2, 0.25) is 10.0 Å². The fraction of sp³-hybridized carbons (Fsp3) is 0.371. The van der Waals surface area contributed by atoms with Gasteiger partial charge in [0.15, 0.2) is 0 Å². The molecule has 1 fully saturated rings. The summed E-state index contributed by atoms with van der Waals surface area (Å²) in [5, 5.41) is 13.9. The van der Waals surface area contributed by atoms with Crippen LogP contribution in [0.3, 0.4) is 0 Å². The maximum atomic E-state index is 15.0. The van der Waals surface area contributed by atoms with Crippen LogP contribution >= 0.6 is 23.2 Å². The molecular formula is C35H35Cl2FN2O6. The minimum Gasteiger partial charge on any atom is -0.478 e. The summed E-state index contributed by atoms with van der Waals surface area (Å²) in [5.74, 6) is -4.26. The van der Waals surface area contributed by atoms with Crippen molar-refractivity contribution in [1.29, 1.82) is 0 Å². The molecule has 2 aliphatic heterocycles. The third-order valence-electron chi connectivity index (χ3n) is 9.12. The summed E-state index contributed by atoms with van der Waals surface area (Å²) in [7, 11) is 0. The Hall–Kier alpha value is -3.95. The Morgan fingerprint density at radius 3 is 2.30 bits per heavy atom. The number of carboxylic acid groups (broad SMARTS) is 1. The lowest BCUT2D eigenvalue weighted by Gasteiger charge is -2.47. The van der Waals surface area contributed by atoms with Gasteiger partial charge < -0.3 is 15.2 Å². The predicted molar refractivity (Wildman–Crippen MR) is 173 cm³/mol. The van der Waals surface area contributed by atoms with Gasteiger partial charge in [0.25, 0.3) is 0 Å². The maximum absolute atomic E-state index is 15.0. The number of anilines is 1. The van der Waals surface area contributed by atoms with Gasteiger partial charge in [-0.05, 0) is 78.9 Å². The summed E-state index contributed by atoms with van der Waals surface area (Å²) < 4.78 is 21.4. The van der Waals surface area contributed by atoms with Crippen LogP contribution in [0.25, 0.3) is 0 Å². The Morgan fingerprint density at radius 2 is 1.67 bits per heavy atom. The van der Waals surface area contributed by atoms with Crippen molar-refractivity contribution in [2.24, 2.45) is 0 Å². The fourth-order valence-corrected chi connectivity index (χ4v) is 7.59. The number of benzene rings is 3. The Balaban J connectivity index is 1.87. The van der Waals surface area contributed by atoms with Gasteiger partial charge in [-0.2, -0.15) is 0 Å². The average molecular weight is 670 g/mol. The molecule has 3 aromatic carbocycles. The number of nitrogens with one attached hydrogen (secondary N) is 1. The zero-order valence-corrected chi connectivity index (χ0v) is 27.5. The molecule has 0 unspecified atom stereocenters. The van der Waals surface area contributed by atoms with E-state index in [9.17, 15) is 23.9 Å². The number of halogens is 3. The molecule has 2 aliphatic rings. The molecule has 0 saturated carbocycles. The summed E-state index contributed by atoms with van der Waals surface area (Å²) in [6.07, 6.45) is 1.21. The van der Waals surface area contributed by atoms with Crippen LogP contribution in [0.15, 0.2) is 54.6 Å². The Bertz CT molecular complexity index is 1740. The van der Waals surface area contributed by atoms with Gasteiger partial charge in [-0.1, -0.05) is 62.0 Å². The van der Waals surface area contributed by atoms with Crippen LogP contribution in [0.4, 0.5) is 10.1 Å². The molecule has 0 radical (unpaired) electrons. The first-order chi connectivity index (χ1) is 21.8. The molecule has 3 amide bonds. The van der Waals surface area contributed by atoms with Crippen LogP contribution in [-0.4, -0.2) is 34.4 Å². The largest absolute Gasteiger partial charge is 0.478 e. The first kappa shape index (κ1) is 33.4. The normalized spacial score (nSPS) is 20.9. The zero-order chi connectivity index (χ0) is 33.6. The SMILES string of the molecule is CCCC(CCC)(Oc1ccc(Cl)cc1[C@@H]1CC(=O)N[C@H](c2cc(F)ccc2C)[C@@]12C(=O)N(C(C)=O)c1cc(Cl)ccc12)C(=O)O. The first-order valence-corrected chi connectivity index (χ1v) is 16.0. The molecule has 0 bridgehead atoms. The highest BCUT2D eigenvalue weighted by molar-refractivity contribution is 6.32. The lowest BCUT2D eigenvalue weighted by atomic mass is 9.58. The molecule has 0 aromatic heterocycles. The predicted octanol–water partition coefficient (Wildman–Crippen LogP) is 7.42. The van der Waals surface area contributed by atoms with E-state index in [1.807, 2.05) is 13.8 Å². The number of amides is 3. The smallest absolute Gasteiger partial charge is 0.348 e. The third kappa shape index (κ3) is 5.43. The summed E-state index contributed by atoms with van der Waals surface area (Å²) in [6, 6.07) is 12.4. The number of hydrogen-bond donors (Lipinski definition) is 2. The minimum absolute atomic E-state index is 0.145. The molecule has 5 rings (SSSR count). The van der Waals surface area contributed by atoms with E-state index in [4.69, 9.17) is 27.9 Å². The number of piperidine rings is 1. The van der Waals surface area contributed by atoms with Crippen molar-refractivity contribution < 1.29 is 33.4 Å². The van der Waals surface area contributed by atoms with Crippen molar-refractivity contribution in [3.63, 3.8) is 0 Å². The van der Waals surface area contributed by atoms with Gasteiger partial charge in [0.2, 0.25) is 23.3 Å². The molecule has 3 atom stereocenters. The summed E-state index contributed by atoms with van der Waals surface area (Å²) in [4.78, 5) is 55.6. The van der Waals surface area contributed by atoms with Crippen molar-refractivity contribution >= 4 is 52.6 Å². The van der Waals surface area contributed by atoms with E-state index in [1.165, 1.54) is 25.1 Å².